The monoisotopic (exact) mass is 264 g/mol. The summed E-state index contributed by atoms with van der Waals surface area (Å²) < 4.78 is 0. The molecule has 1 spiro atoms. The summed E-state index contributed by atoms with van der Waals surface area (Å²) in [5.74, 6) is 0. The largest absolute Gasteiger partial charge is 0.311 e. The van der Waals surface area contributed by atoms with Gasteiger partial charge < -0.3 is 5.32 Å². The second-order valence-electron chi connectivity index (χ2n) is 6.84. The molecule has 0 amide bonds. The fraction of sp³-hybridized carbons (Fsp3) is 0.882. The Hall–Kier alpha value is -0.340. The highest BCUT2D eigenvalue weighted by Gasteiger charge is 2.41. The van der Waals surface area contributed by atoms with Gasteiger partial charge in [-0.05, 0) is 33.1 Å². The van der Waals surface area contributed by atoms with Gasteiger partial charge in [-0.25, -0.2) is 0 Å². The zero-order valence-electron chi connectivity index (χ0n) is 13.2. The van der Waals surface area contributed by atoms with Crippen LogP contribution in [0.1, 0.15) is 65.7 Å². The standard InChI is InChI=1S/C17H32N2/c1-4-8-16-13-19(12-9-15(2)3)17(14-18-16)10-6-5-7-11-17/h9,16,18H,4-8,10-14H2,1-3H3. The molecule has 0 aromatic carbocycles. The van der Waals surface area contributed by atoms with Crippen LogP contribution in [0.5, 0.6) is 0 Å². The van der Waals surface area contributed by atoms with Gasteiger partial charge in [0.25, 0.3) is 0 Å². The Labute approximate surface area is 119 Å². The normalized spacial score (nSPS) is 27.4. The third-order valence-corrected chi connectivity index (χ3v) is 4.97. The molecular formula is C17H32N2. The minimum atomic E-state index is 0.467. The van der Waals surface area contributed by atoms with Crippen LogP contribution in [-0.2, 0) is 0 Å². The highest BCUT2D eigenvalue weighted by Crippen LogP contribution is 2.35. The van der Waals surface area contributed by atoms with Crippen LogP contribution in [0.15, 0.2) is 11.6 Å². The average molecular weight is 264 g/mol. The molecule has 2 heteroatoms. The van der Waals surface area contributed by atoms with E-state index < -0.39 is 0 Å². The van der Waals surface area contributed by atoms with Gasteiger partial charge in [-0.2, -0.15) is 0 Å². The maximum atomic E-state index is 3.84. The molecule has 2 aliphatic rings. The lowest BCUT2D eigenvalue weighted by Crippen LogP contribution is -2.65. The summed E-state index contributed by atoms with van der Waals surface area (Å²) in [6.07, 6.45) is 12.1. The summed E-state index contributed by atoms with van der Waals surface area (Å²) in [5.41, 5.74) is 1.92. The van der Waals surface area contributed by atoms with Crippen molar-refractivity contribution in [2.24, 2.45) is 0 Å². The minimum absolute atomic E-state index is 0.467. The SMILES string of the molecule is CCCC1CN(CC=C(C)C)C2(CCCCC2)CN1. The minimum Gasteiger partial charge on any atom is -0.311 e. The molecule has 0 bridgehead atoms. The Bertz CT molecular complexity index is 298. The summed E-state index contributed by atoms with van der Waals surface area (Å²) in [6.45, 7) is 10.4. The van der Waals surface area contributed by atoms with Gasteiger partial charge >= 0.3 is 0 Å². The number of rotatable bonds is 4. The molecule has 2 fully saturated rings. The van der Waals surface area contributed by atoms with Crippen LogP contribution >= 0.6 is 0 Å². The number of nitrogens with one attached hydrogen (secondary N) is 1. The van der Waals surface area contributed by atoms with Crippen molar-refractivity contribution in [3.05, 3.63) is 11.6 Å². The third-order valence-electron chi connectivity index (χ3n) is 4.97. The molecule has 19 heavy (non-hydrogen) atoms. The van der Waals surface area contributed by atoms with Gasteiger partial charge in [-0.3, -0.25) is 4.90 Å². The molecule has 1 atom stereocenters. The summed E-state index contributed by atoms with van der Waals surface area (Å²) in [4.78, 5) is 2.80. The maximum Gasteiger partial charge on any atom is 0.0338 e. The lowest BCUT2D eigenvalue weighted by Gasteiger charge is -2.52. The van der Waals surface area contributed by atoms with E-state index in [1.807, 2.05) is 0 Å². The van der Waals surface area contributed by atoms with Gasteiger partial charge in [0.2, 0.25) is 0 Å². The van der Waals surface area contributed by atoms with Gasteiger partial charge in [0, 0.05) is 31.2 Å². The van der Waals surface area contributed by atoms with Crippen LogP contribution in [0.3, 0.4) is 0 Å². The first-order valence-electron chi connectivity index (χ1n) is 8.28. The second kappa shape index (κ2) is 6.90. The van der Waals surface area contributed by atoms with Crippen LogP contribution in [0.4, 0.5) is 0 Å². The maximum absolute atomic E-state index is 3.84. The summed E-state index contributed by atoms with van der Waals surface area (Å²) in [7, 11) is 0. The first-order chi connectivity index (χ1) is 9.16. The first-order valence-corrected chi connectivity index (χ1v) is 8.28. The van der Waals surface area contributed by atoms with Gasteiger partial charge in [-0.15, -0.1) is 0 Å². The fourth-order valence-corrected chi connectivity index (χ4v) is 3.78. The van der Waals surface area contributed by atoms with Gasteiger partial charge in [0.05, 0.1) is 0 Å². The van der Waals surface area contributed by atoms with E-state index in [9.17, 15) is 0 Å². The number of piperazine rings is 1. The van der Waals surface area contributed by atoms with Crippen LogP contribution in [-0.4, -0.2) is 36.1 Å². The van der Waals surface area contributed by atoms with Gasteiger partial charge in [0.1, 0.15) is 0 Å². The molecule has 1 N–H and O–H groups in total. The Balaban J connectivity index is 2.05. The van der Waals surface area contributed by atoms with E-state index >= 15 is 0 Å². The van der Waals surface area contributed by atoms with Crippen molar-refractivity contribution in [1.29, 1.82) is 0 Å². The van der Waals surface area contributed by atoms with E-state index in [4.69, 9.17) is 0 Å². The molecule has 2 rings (SSSR count). The third kappa shape index (κ3) is 3.82. The summed E-state index contributed by atoms with van der Waals surface area (Å²) in [5, 5.41) is 3.84. The number of hydrogen-bond acceptors (Lipinski definition) is 2. The van der Waals surface area contributed by atoms with Crippen molar-refractivity contribution in [2.75, 3.05) is 19.6 Å². The first kappa shape index (κ1) is 15.1. The molecule has 1 saturated heterocycles. The molecular weight excluding hydrogens is 232 g/mol. The topological polar surface area (TPSA) is 15.3 Å². The highest BCUT2D eigenvalue weighted by atomic mass is 15.3. The van der Waals surface area contributed by atoms with E-state index in [-0.39, 0.29) is 0 Å². The van der Waals surface area contributed by atoms with Crippen LogP contribution in [0, 0.1) is 0 Å². The molecule has 1 aliphatic carbocycles. The van der Waals surface area contributed by atoms with Crippen molar-refractivity contribution < 1.29 is 0 Å². The second-order valence-corrected chi connectivity index (χ2v) is 6.84. The summed E-state index contributed by atoms with van der Waals surface area (Å²) in [6, 6.07) is 0.711. The fourth-order valence-electron chi connectivity index (χ4n) is 3.78. The zero-order valence-corrected chi connectivity index (χ0v) is 13.2. The predicted octanol–water partition coefficient (Wildman–Crippen LogP) is 3.73. The molecule has 0 radical (unpaired) electrons. The summed E-state index contributed by atoms with van der Waals surface area (Å²) >= 11 is 0. The Morgan fingerprint density at radius 1 is 1.26 bits per heavy atom. The Kier molecular flexibility index (Phi) is 5.47. The van der Waals surface area contributed by atoms with E-state index in [1.54, 1.807) is 0 Å². The predicted molar refractivity (Wildman–Crippen MR) is 83.5 cm³/mol. The number of allylic oxidation sites excluding steroid dienone is 1. The molecule has 1 heterocycles. The number of hydrogen-bond donors (Lipinski definition) is 1. The van der Waals surface area contributed by atoms with Crippen molar-refractivity contribution in [3.63, 3.8) is 0 Å². The molecule has 0 aromatic heterocycles. The van der Waals surface area contributed by atoms with Crippen molar-refractivity contribution in [2.45, 2.75) is 77.3 Å². The Morgan fingerprint density at radius 3 is 2.63 bits per heavy atom. The van der Waals surface area contributed by atoms with Gasteiger partial charge in [0.15, 0.2) is 0 Å². The molecule has 2 nitrogen and oxygen atoms in total. The smallest absolute Gasteiger partial charge is 0.0338 e. The van der Waals surface area contributed by atoms with E-state index in [1.165, 1.54) is 63.6 Å². The van der Waals surface area contributed by atoms with Crippen molar-refractivity contribution >= 4 is 0 Å². The molecule has 0 aromatic rings. The van der Waals surface area contributed by atoms with Crippen molar-refractivity contribution in [3.8, 4) is 0 Å². The van der Waals surface area contributed by atoms with E-state index in [0.29, 0.717) is 11.6 Å². The van der Waals surface area contributed by atoms with Crippen LogP contribution in [0.2, 0.25) is 0 Å². The van der Waals surface area contributed by atoms with Crippen LogP contribution < -0.4 is 5.32 Å². The molecule has 110 valence electrons. The average Bonchev–Trinajstić information content (AvgIpc) is 2.41. The van der Waals surface area contributed by atoms with Crippen molar-refractivity contribution in [1.82, 2.24) is 10.2 Å². The molecule has 1 unspecified atom stereocenters. The molecule has 1 aliphatic heterocycles. The lowest BCUT2D eigenvalue weighted by molar-refractivity contribution is 0.0177. The van der Waals surface area contributed by atoms with E-state index in [0.717, 1.165) is 6.54 Å². The Morgan fingerprint density at radius 2 is 2.00 bits per heavy atom. The highest BCUT2D eigenvalue weighted by molar-refractivity contribution is 5.04. The van der Waals surface area contributed by atoms with E-state index in [2.05, 4.69) is 37.1 Å². The quantitative estimate of drug-likeness (QED) is 0.778. The zero-order chi connectivity index (χ0) is 13.7. The number of nitrogens with zero attached hydrogens (tertiary/aromatic N) is 1. The molecule has 1 saturated carbocycles. The van der Waals surface area contributed by atoms with Gasteiger partial charge in [-0.1, -0.05) is 44.3 Å². The van der Waals surface area contributed by atoms with Crippen LogP contribution in [0.25, 0.3) is 0 Å². The lowest BCUT2D eigenvalue weighted by atomic mass is 9.78.